The van der Waals surface area contributed by atoms with Crippen LogP contribution in [0.3, 0.4) is 0 Å². The van der Waals surface area contributed by atoms with Gasteiger partial charge in [0, 0.05) is 38.4 Å². The minimum atomic E-state index is -3.65. The number of primary sulfonamides is 1. The standard InChI is InChI=1S/C17H26N6O2S.HI/c1-12-16(13(2)23(4)22-12)11-21-17(19-3)20-10-9-14-5-7-15(8-6-14)26(18,24)25;/h5-8H,9-11H2,1-4H3,(H2,18,24,25)(H2,19,20,21);1H. The second-order valence-electron chi connectivity index (χ2n) is 6.06. The van der Waals surface area contributed by atoms with E-state index >= 15 is 0 Å². The number of aryl methyl sites for hydroxylation is 2. The highest BCUT2D eigenvalue weighted by Gasteiger charge is 2.10. The van der Waals surface area contributed by atoms with E-state index in [1.807, 2.05) is 25.6 Å². The van der Waals surface area contributed by atoms with Crippen LogP contribution in [0.1, 0.15) is 22.5 Å². The third kappa shape index (κ3) is 6.47. The van der Waals surface area contributed by atoms with Gasteiger partial charge < -0.3 is 10.6 Å². The largest absolute Gasteiger partial charge is 0.356 e. The Morgan fingerprint density at radius 2 is 1.85 bits per heavy atom. The summed E-state index contributed by atoms with van der Waals surface area (Å²) in [6, 6.07) is 6.57. The van der Waals surface area contributed by atoms with Crippen LogP contribution in [0, 0.1) is 13.8 Å². The Bertz CT molecular complexity index is 891. The van der Waals surface area contributed by atoms with E-state index in [1.54, 1.807) is 19.2 Å². The molecule has 150 valence electrons. The lowest BCUT2D eigenvalue weighted by molar-refractivity contribution is 0.598. The third-order valence-electron chi connectivity index (χ3n) is 4.27. The van der Waals surface area contributed by atoms with Crippen molar-refractivity contribution in [3.05, 3.63) is 46.8 Å². The summed E-state index contributed by atoms with van der Waals surface area (Å²) in [5, 5.41) is 16.0. The summed E-state index contributed by atoms with van der Waals surface area (Å²) in [6.07, 6.45) is 0.733. The van der Waals surface area contributed by atoms with Crippen molar-refractivity contribution in [1.29, 1.82) is 0 Å². The zero-order valence-electron chi connectivity index (χ0n) is 16.0. The van der Waals surface area contributed by atoms with E-state index in [0.29, 0.717) is 19.0 Å². The fourth-order valence-electron chi connectivity index (χ4n) is 2.64. The Hall–Kier alpha value is -1.66. The second kappa shape index (κ2) is 10.0. The molecule has 4 N–H and O–H groups in total. The molecule has 0 bridgehead atoms. The number of nitrogens with one attached hydrogen (secondary N) is 2. The first-order chi connectivity index (χ1) is 12.2. The predicted molar refractivity (Wildman–Crippen MR) is 118 cm³/mol. The average Bonchev–Trinajstić information content (AvgIpc) is 2.83. The fourth-order valence-corrected chi connectivity index (χ4v) is 3.15. The van der Waals surface area contributed by atoms with E-state index in [2.05, 4.69) is 20.7 Å². The summed E-state index contributed by atoms with van der Waals surface area (Å²) >= 11 is 0. The van der Waals surface area contributed by atoms with Gasteiger partial charge in [-0.05, 0) is 38.0 Å². The highest BCUT2D eigenvalue weighted by molar-refractivity contribution is 14.0. The van der Waals surface area contributed by atoms with Gasteiger partial charge in [-0.3, -0.25) is 9.67 Å². The van der Waals surface area contributed by atoms with Gasteiger partial charge in [0.05, 0.1) is 10.6 Å². The molecular formula is C17H27IN6O2S. The van der Waals surface area contributed by atoms with Gasteiger partial charge in [0.25, 0.3) is 0 Å². The predicted octanol–water partition coefficient (Wildman–Crippen LogP) is 1.21. The molecule has 0 fully saturated rings. The Balaban J connectivity index is 0.00000364. The minimum Gasteiger partial charge on any atom is -0.356 e. The van der Waals surface area contributed by atoms with Crippen molar-refractivity contribution in [1.82, 2.24) is 20.4 Å². The Morgan fingerprint density at radius 3 is 2.33 bits per heavy atom. The number of nitrogens with zero attached hydrogens (tertiary/aromatic N) is 3. The third-order valence-corrected chi connectivity index (χ3v) is 5.20. The number of aliphatic imine (C=N–C) groups is 1. The van der Waals surface area contributed by atoms with Gasteiger partial charge in [0.2, 0.25) is 10.0 Å². The van der Waals surface area contributed by atoms with E-state index in [9.17, 15) is 8.42 Å². The first-order valence-corrected chi connectivity index (χ1v) is 9.82. The number of benzene rings is 1. The van der Waals surface area contributed by atoms with Gasteiger partial charge >= 0.3 is 0 Å². The molecular weight excluding hydrogens is 479 g/mol. The first kappa shape index (κ1) is 23.4. The summed E-state index contributed by atoms with van der Waals surface area (Å²) in [4.78, 5) is 4.34. The number of rotatable bonds is 6. The molecule has 0 spiro atoms. The Labute approximate surface area is 177 Å². The molecule has 0 amide bonds. The summed E-state index contributed by atoms with van der Waals surface area (Å²) in [6.45, 7) is 5.34. The van der Waals surface area contributed by atoms with Crippen LogP contribution in [-0.4, -0.2) is 37.8 Å². The number of nitrogens with two attached hydrogens (primary N) is 1. The highest BCUT2D eigenvalue weighted by Crippen LogP contribution is 2.11. The van der Waals surface area contributed by atoms with E-state index in [0.717, 1.165) is 28.9 Å². The molecule has 0 atom stereocenters. The molecule has 0 aliphatic heterocycles. The van der Waals surface area contributed by atoms with Crippen LogP contribution >= 0.6 is 24.0 Å². The van der Waals surface area contributed by atoms with Gasteiger partial charge in [-0.1, -0.05) is 12.1 Å². The van der Waals surface area contributed by atoms with E-state index in [1.165, 1.54) is 12.1 Å². The van der Waals surface area contributed by atoms with Gasteiger partial charge in [0.1, 0.15) is 0 Å². The fraction of sp³-hybridized carbons (Fsp3) is 0.412. The molecule has 0 unspecified atom stereocenters. The number of guanidine groups is 1. The molecule has 0 radical (unpaired) electrons. The minimum absolute atomic E-state index is 0. The quantitative estimate of drug-likeness (QED) is 0.310. The number of hydrogen-bond acceptors (Lipinski definition) is 4. The highest BCUT2D eigenvalue weighted by atomic mass is 127. The number of hydrogen-bond donors (Lipinski definition) is 3. The zero-order valence-corrected chi connectivity index (χ0v) is 19.1. The van der Waals surface area contributed by atoms with Crippen LogP contribution in [0.2, 0.25) is 0 Å². The molecule has 8 nitrogen and oxygen atoms in total. The maximum atomic E-state index is 11.3. The van der Waals surface area contributed by atoms with Crippen molar-refractivity contribution in [2.24, 2.45) is 17.2 Å². The van der Waals surface area contributed by atoms with Crippen LogP contribution in [-0.2, 0) is 30.0 Å². The SMILES string of the molecule is CN=C(NCCc1ccc(S(N)(=O)=O)cc1)NCc1c(C)nn(C)c1C.I. The van der Waals surface area contributed by atoms with Gasteiger partial charge in [0.15, 0.2) is 5.96 Å². The topological polar surface area (TPSA) is 114 Å². The average molecular weight is 506 g/mol. The molecule has 0 aliphatic rings. The van der Waals surface area contributed by atoms with Crippen molar-refractivity contribution in [3.63, 3.8) is 0 Å². The maximum Gasteiger partial charge on any atom is 0.238 e. The van der Waals surface area contributed by atoms with Crippen molar-refractivity contribution in [2.45, 2.75) is 31.7 Å². The molecule has 2 aromatic rings. The van der Waals surface area contributed by atoms with E-state index in [4.69, 9.17) is 5.14 Å². The van der Waals surface area contributed by atoms with Crippen LogP contribution < -0.4 is 15.8 Å². The monoisotopic (exact) mass is 506 g/mol. The molecule has 1 aromatic carbocycles. The first-order valence-electron chi connectivity index (χ1n) is 8.27. The molecule has 2 rings (SSSR count). The molecule has 1 aromatic heterocycles. The summed E-state index contributed by atoms with van der Waals surface area (Å²) < 4.78 is 24.4. The second-order valence-corrected chi connectivity index (χ2v) is 7.63. The molecule has 10 heteroatoms. The summed E-state index contributed by atoms with van der Waals surface area (Å²) in [7, 11) is 0.00391. The van der Waals surface area contributed by atoms with E-state index < -0.39 is 10.0 Å². The molecule has 1 heterocycles. The van der Waals surface area contributed by atoms with Crippen LogP contribution in [0.4, 0.5) is 0 Å². The number of sulfonamides is 1. The molecule has 0 saturated carbocycles. The summed E-state index contributed by atoms with van der Waals surface area (Å²) in [5.74, 6) is 0.703. The van der Waals surface area contributed by atoms with Crippen LogP contribution in [0.25, 0.3) is 0 Å². The van der Waals surface area contributed by atoms with Crippen LogP contribution in [0.15, 0.2) is 34.2 Å². The Kier molecular flexibility index (Phi) is 8.69. The number of aromatic nitrogens is 2. The maximum absolute atomic E-state index is 11.3. The van der Waals surface area contributed by atoms with Gasteiger partial charge in [-0.25, -0.2) is 13.6 Å². The van der Waals surface area contributed by atoms with Crippen molar-refractivity contribution in [3.8, 4) is 0 Å². The van der Waals surface area contributed by atoms with Crippen LogP contribution in [0.5, 0.6) is 0 Å². The molecule has 0 saturated heterocycles. The van der Waals surface area contributed by atoms with Crippen molar-refractivity contribution in [2.75, 3.05) is 13.6 Å². The lowest BCUT2D eigenvalue weighted by Crippen LogP contribution is -2.38. The van der Waals surface area contributed by atoms with Crippen molar-refractivity contribution >= 4 is 40.0 Å². The normalized spacial score (nSPS) is 11.8. The number of halogens is 1. The van der Waals surface area contributed by atoms with E-state index in [-0.39, 0.29) is 28.9 Å². The van der Waals surface area contributed by atoms with Gasteiger partial charge in [-0.15, -0.1) is 24.0 Å². The Morgan fingerprint density at radius 1 is 1.22 bits per heavy atom. The molecule has 0 aliphatic carbocycles. The smallest absolute Gasteiger partial charge is 0.238 e. The zero-order chi connectivity index (χ0) is 19.3. The van der Waals surface area contributed by atoms with Gasteiger partial charge in [-0.2, -0.15) is 5.10 Å². The lowest BCUT2D eigenvalue weighted by Gasteiger charge is -2.12. The lowest BCUT2D eigenvalue weighted by atomic mass is 10.1. The summed E-state index contributed by atoms with van der Waals surface area (Å²) in [5.41, 5.74) is 4.30. The molecule has 27 heavy (non-hydrogen) atoms. The van der Waals surface area contributed by atoms with Crippen molar-refractivity contribution < 1.29 is 8.42 Å².